The summed E-state index contributed by atoms with van der Waals surface area (Å²) in [5.41, 5.74) is 4.56. The second-order valence-corrected chi connectivity index (χ2v) is 9.32. The predicted octanol–water partition coefficient (Wildman–Crippen LogP) is 5.73. The highest BCUT2D eigenvalue weighted by Crippen LogP contribution is 2.41. The molecule has 0 aliphatic heterocycles. The van der Waals surface area contributed by atoms with Crippen molar-refractivity contribution in [3.63, 3.8) is 0 Å². The number of hydrogen-bond acceptors (Lipinski definition) is 5. The fourth-order valence-electron chi connectivity index (χ4n) is 3.84. The summed E-state index contributed by atoms with van der Waals surface area (Å²) < 4.78 is 15.1. The number of nitrogens with one attached hydrogen (secondary N) is 1. The second kappa shape index (κ2) is 8.63. The topological polar surface area (TPSA) is 72.7 Å². The van der Waals surface area contributed by atoms with E-state index >= 15 is 0 Å². The number of carbonyl (C=O) groups is 1. The molecule has 0 aliphatic carbocycles. The van der Waals surface area contributed by atoms with Crippen LogP contribution in [0.1, 0.15) is 38.7 Å². The molecular weight excluding hydrogens is 425 g/mol. The minimum atomic E-state index is -0.731. The molecule has 1 atom stereocenters. The number of hydrogen-bond donors (Lipinski definition) is 1. The smallest absolute Gasteiger partial charge is 0.232 e. The van der Waals surface area contributed by atoms with E-state index in [0.29, 0.717) is 11.6 Å². The van der Waals surface area contributed by atoms with Gasteiger partial charge in [-0.05, 0) is 55.3 Å². The first-order chi connectivity index (χ1) is 15.3. The van der Waals surface area contributed by atoms with E-state index in [1.807, 2.05) is 32.9 Å². The third kappa shape index (κ3) is 4.31. The molecule has 2 aromatic heterocycles. The number of halogens is 1. The third-order valence-corrected chi connectivity index (χ3v) is 6.26. The number of fused-ring (bicyclic) bond motifs is 1. The van der Waals surface area contributed by atoms with Gasteiger partial charge in [0.1, 0.15) is 11.3 Å². The number of nitrogens with zero attached hydrogens (tertiary/aromatic N) is 4. The number of amides is 1. The Labute approximate surface area is 189 Å². The van der Waals surface area contributed by atoms with Crippen LogP contribution >= 0.6 is 11.3 Å². The number of anilines is 1. The zero-order valence-electron chi connectivity index (χ0n) is 18.2. The molecule has 2 aromatic carbocycles. The minimum absolute atomic E-state index is 0.105. The van der Waals surface area contributed by atoms with E-state index in [1.165, 1.54) is 23.5 Å². The predicted molar refractivity (Wildman–Crippen MR) is 126 cm³/mol. The van der Waals surface area contributed by atoms with Crippen molar-refractivity contribution in [2.75, 3.05) is 5.32 Å². The number of benzene rings is 2. The van der Waals surface area contributed by atoms with Crippen molar-refractivity contribution in [2.45, 2.75) is 33.1 Å². The molecule has 4 rings (SSSR count). The van der Waals surface area contributed by atoms with Gasteiger partial charge in [0.2, 0.25) is 11.0 Å². The Kier molecular flexibility index (Phi) is 5.88. The number of allylic oxidation sites excluding steroid dienone is 1. The molecule has 0 saturated carbocycles. The van der Waals surface area contributed by atoms with Crippen molar-refractivity contribution in [2.24, 2.45) is 5.41 Å². The second-order valence-electron chi connectivity index (χ2n) is 8.48. The average molecular weight is 450 g/mol. The van der Waals surface area contributed by atoms with Crippen molar-refractivity contribution in [3.05, 3.63) is 77.7 Å². The van der Waals surface area contributed by atoms with Crippen LogP contribution in [0.2, 0.25) is 0 Å². The first-order valence-corrected chi connectivity index (χ1v) is 11.1. The van der Waals surface area contributed by atoms with Crippen LogP contribution in [0.5, 0.6) is 0 Å². The molecule has 1 N–H and O–H groups in total. The molecule has 32 heavy (non-hydrogen) atoms. The molecule has 2 heterocycles. The number of carbonyl (C=O) groups excluding carboxylic acids is 1. The van der Waals surface area contributed by atoms with Crippen molar-refractivity contribution in [3.8, 4) is 5.69 Å². The average Bonchev–Trinajstić information content (AvgIpc) is 3.41. The lowest BCUT2D eigenvalue weighted by Crippen LogP contribution is -2.36. The molecule has 0 spiro atoms. The van der Waals surface area contributed by atoms with Gasteiger partial charge in [0.25, 0.3) is 0 Å². The van der Waals surface area contributed by atoms with Crippen LogP contribution in [-0.2, 0) is 4.79 Å². The molecule has 0 radical (unpaired) electrons. The minimum Gasteiger partial charge on any atom is -0.300 e. The maximum absolute atomic E-state index is 13.3. The van der Waals surface area contributed by atoms with E-state index < -0.39 is 5.41 Å². The summed E-state index contributed by atoms with van der Waals surface area (Å²) in [7, 11) is 0. The lowest BCUT2D eigenvalue weighted by atomic mass is 9.71. The van der Waals surface area contributed by atoms with Gasteiger partial charge in [-0.15, -0.1) is 16.8 Å². The highest BCUT2D eigenvalue weighted by atomic mass is 32.1. The first-order valence-electron chi connectivity index (χ1n) is 10.2. The summed E-state index contributed by atoms with van der Waals surface area (Å²) >= 11 is 1.29. The Morgan fingerprint density at radius 2 is 2.00 bits per heavy atom. The van der Waals surface area contributed by atoms with Gasteiger partial charge >= 0.3 is 0 Å². The molecule has 1 amide bonds. The highest BCUT2D eigenvalue weighted by Gasteiger charge is 2.38. The SMILES string of the molecule is C=C(C)CC(c1ccc2c(cnn2-c2ccc(F)cc2)c1)C(C)(C)C(=O)Nc1nncs1. The van der Waals surface area contributed by atoms with Gasteiger partial charge in [0, 0.05) is 11.3 Å². The van der Waals surface area contributed by atoms with Crippen molar-refractivity contribution < 1.29 is 9.18 Å². The number of aromatic nitrogens is 4. The molecule has 6 nitrogen and oxygen atoms in total. The lowest BCUT2D eigenvalue weighted by molar-refractivity contribution is -0.125. The van der Waals surface area contributed by atoms with Gasteiger partial charge in [-0.2, -0.15) is 5.10 Å². The van der Waals surface area contributed by atoms with Gasteiger partial charge in [0.15, 0.2) is 0 Å². The lowest BCUT2D eigenvalue weighted by Gasteiger charge is -2.33. The third-order valence-electron chi connectivity index (χ3n) is 5.66. The zero-order valence-corrected chi connectivity index (χ0v) is 19.0. The normalized spacial score (nSPS) is 12.6. The van der Waals surface area contributed by atoms with Crippen LogP contribution in [0, 0.1) is 11.2 Å². The Balaban J connectivity index is 1.70. The summed E-state index contributed by atoms with van der Waals surface area (Å²) in [5.74, 6) is -0.515. The van der Waals surface area contributed by atoms with E-state index in [4.69, 9.17) is 0 Å². The monoisotopic (exact) mass is 449 g/mol. The highest BCUT2D eigenvalue weighted by molar-refractivity contribution is 7.13. The number of rotatable bonds is 7. The van der Waals surface area contributed by atoms with E-state index in [-0.39, 0.29) is 17.6 Å². The van der Waals surface area contributed by atoms with Crippen LogP contribution in [0.3, 0.4) is 0 Å². The van der Waals surface area contributed by atoms with Crippen LogP contribution in [0.4, 0.5) is 9.52 Å². The first kappa shape index (κ1) is 21.8. The van der Waals surface area contributed by atoms with Gasteiger partial charge in [-0.1, -0.05) is 36.8 Å². The van der Waals surface area contributed by atoms with Crippen molar-refractivity contribution in [1.29, 1.82) is 0 Å². The Morgan fingerprint density at radius 1 is 1.25 bits per heavy atom. The van der Waals surface area contributed by atoms with Crippen LogP contribution < -0.4 is 5.32 Å². The summed E-state index contributed by atoms with van der Waals surface area (Å²) in [5, 5.41) is 16.5. The summed E-state index contributed by atoms with van der Waals surface area (Å²) in [6.45, 7) is 9.92. The van der Waals surface area contributed by atoms with Crippen LogP contribution in [0.15, 0.2) is 66.3 Å². The van der Waals surface area contributed by atoms with Gasteiger partial charge < -0.3 is 5.32 Å². The molecule has 0 saturated heterocycles. The fourth-order valence-corrected chi connectivity index (χ4v) is 4.28. The largest absolute Gasteiger partial charge is 0.300 e. The maximum atomic E-state index is 13.3. The summed E-state index contributed by atoms with van der Waals surface area (Å²) in [4.78, 5) is 13.2. The molecular formula is C24H24FN5OS. The van der Waals surface area contributed by atoms with E-state index in [2.05, 4.69) is 33.3 Å². The zero-order chi connectivity index (χ0) is 22.9. The van der Waals surface area contributed by atoms with Crippen molar-refractivity contribution in [1.82, 2.24) is 20.0 Å². The van der Waals surface area contributed by atoms with E-state index in [9.17, 15) is 9.18 Å². The van der Waals surface area contributed by atoms with E-state index in [0.717, 1.165) is 27.7 Å². The molecule has 0 aliphatic rings. The Morgan fingerprint density at radius 3 is 2.66 bits per heavy atom. The van der Waals surface area contributed by atoms with Crippen LogP contribution in [0.25, 0.3) is 16.6 Å². The molecule has 0 fully saturated rings. The molecule has 8 heteroatoms. The van der Waals surface area contributed by atoms with Crippen LogP contribution in [-0.4, -0.2) is 25.9 Å². The fraction of sp³-hybridized carbons (Fsp3) is 0.250. The van der Waals surface area contributed by atoms with Gasteiger partial charge in [-0.25, -0.2) is 9.07 Å². The summed E-state index contributed by atoms with van der Waals surface area (Å²) in [6, 6.07) is 12.3. The standard InChI is InChI=1S/C24H24FN5OS/c1-15(2)11-20(24(3,4)22(31)28-23-29-26-14-32-23)16-5-10-21-17(12-16)13-27-30(21)19-8-6-18(25)7-9-19/h5-10,12-14,20H,1,11H2,2-4H3,(H,28,29,31). The summed E-state index contributed by atoms with van der Waals surface area (Å²) in [6.07, 6.45) is 2.45. The Bertz CT molecular complexity index is 1260. The van der Waals surface area contributed by atoms with Gasteiger partial charge in [0.05, 0.1) is 22.8 Å². The van der Waals surface area contributed by atoms with E-state index in [1.54, 1.807) is 28.5 Å². The Hall–Kier alpha value is -3.39. The molecule has 4 aromatic rings. The molecule has 164 valence electrons. The molecule has 1 unspecified atom stereocenters. The van der Waals surface area contributed by atoms with Gasteiger partial charge in [-0.3, -0.25) is 4.79 Å². The molecule has 0 bridgehead atoms. The maximum Gasteiger partial charge on any atom is 0.232 e. The quantitative estimate of drug-likeness (QED) is 0.366. The van der Waals surface area contributed by atoms with Crippen molar-refractivity contribution >= 4 is 33.3 Å².